The molecule has 0 rings (SSSR count). The first kappa shape index (κ1) is 45.6. The Hall–Kier alpha value is -0.410. The molecule has 46 heavy (non-hydrogen) atoms. The van der Waals surface area contributed by atoms with Gasteiger partial charge in [0.15, 0.2) is 0 Å². The maximum Gasteiger partial charge on any atom is 0.217 e. The van der Waals surface area contributed by atoms with Crippen LogP contribution < -0.4 is 0 Å². The number of alkyl halides is 1. The lowest BCUT2D eigenvalue weighted by Crippen LogP contribution is -2.66. The van der Waals surface area contributed by atoms with Crippen molar-refractivity contribution < 1.29 is 14.1 Å². The molecule has 0 atom stereocenters. The van der Waals surface area contributed by atoms with Crippen molar-refractivity contribution in [3.63, 3.8) is 0 Å². The van der Waals surface area contributed by atoms with E-state index in [1.807, 2.05) is 21.1 Å². The van der Waals surface area contributed by atoms with E-state index in [1.165, 1.54) is 167 Å². The van der Waals surface area contributed by atoms with E-state index in [-0.39, 0.29) is 11.6 Å². The molecule has 0 N–H and O–H groups in total. The van der Waals surface area contributed by atoms with Gasteiger partial charge in [0.25, 0.3) is 0 Å². The second-order valence-electron chi connectivity index (χ2n) is 15.6. The van der Waals surface area contributed by atoms with Crippen molar-refractivity contribution in [3.05, 3.63) is 0 Å². The Kier molecular flexibility index (Phi) is 31.5. The summed E-state index contributed by atoms with van der Waals surface area (Å²) in [6.45, 7) is 4.57. The molecular formula is C42H83ClNO2+. The number of Topliss-reactive ketones (excluding diaryl/α,β-unsaturated/α-hetero) is 2. The summed E-state index contributed by atoms with van der Waals surface area (Å²) in [6.07, 6.45) is 40.9. The van der Waals surface area contributed by atoms with Crippen molar-refractivity contribution >= 4 is 23.2 Å². The van der Waals surface area contributed by atoms with Gasteiger partial charge in [-0.25, -0.2) is 0 Å². The molecule has 0 saturated carbocycles. The molecule has 274 valence electrons. The lowest BCUT2D eigenvalue weighted by Gasteiger charge is -2.43. The van der Waals surface area contributed by atoms with Crippen LogP contribution >= 0.6 is 11.6 Å². The number of unbranched alkanes of at least 4 members (excludes halogenated alkanes) is 28. The van der Waals surface area contributed by atoms with Gasteiger partial charge in [0.1, 0.15) is 0 Å². The van der Waals surface area contributed by atoms with Gasteiger partial charge in [0.2, 0.25) is 17.1 Å². The highest BCUT2D eigenvalue weighted by Gasteiger charge is 2.54. The van der Waals surface area contributed by atoms with E-state index < -0.39 is 5.54 Å². The molecule has 4 heteroatoms. The summed E-state index contributed by atoms with van der Waals surface area (Å²) in [4.78, 5) is 27.5. The number of ketones is 2. The van der Waals surface area contributed by atoms with Crippen LogP contribution in [0.25, 0.3) is 0 Å². The van der Waals surface area contributed by atoms with Crippen LogP contribution in [0.15, 0.2) is 0 Å². The molecule has 0 aromatic carbocycles. The molecule has 0 saturated heterocycles. The van der Waals surface area contributed by atoms with E-state index in [1.54, 1.807) is 0 Å². The first-order valence-electron chi connectivity index (χ1n) is 20.7. The summed E-state index contributed by atoms with van der Waals surface area (Å²) in [6, 6.07) is 0. The van der Waals surface area contributed by atoms with Gasteiger partial charge in [-0.1, -0.05) is 194 Å². The quantitative estimate of drug-likeness (QED) is 0.0286. The maximum absolute atomic E-state index is 13.7. The van der Waals surface area contributed by atoms with Gasteiger partial charge in [0.05, 0.1) is 21.1 Å². The predicted molar refractivity (Wildman–Crippen MR) is 205 cm³/mol. The zero-order valence-corrected chi connectivity index (χ0v) is 32.9. The zero-order chi connectivity index (χ0) is 34.2. The number of likely N-dealkylation sites (N-methyl/N-ethyl adjacent to an activating group) is 1. The van der Waals surface area contributed by atoms with Crippen molar-refractivity contribution in [2.45, 2.75) is 231 Å². The summed E-state index contributed by atoms with van der Waals surface area (Å²) in [5, 5.41) is 0. The van der Waals surface area contributed by atoms with E-state index >= 15 is 0 Å². The van der Waals surface area contributed by atoms with Crippen molar-refractivity contribution in [3.8, 4) is 0 Å². The summed E-state index contributed by atoms with van der Waals surface area (Å²) in [5.41, 5.74) is -0.992. The molecule has 0 fully saturated rings. The van der Waals surface area contributed by atoms with Crippen molar-refractivity contribution in [2.75, 3.05) is 27.0 Å². The molecule has 0 radical (unpaired) electrons. The lowest BCUT2D eigenvalue weighted by atomic mass is 9.79. The SMILES string of the molecule is CCCCCCCCCCCCCCCCCC(=O)C(CCCl)(C(=O)CCCCCCCCCCCCCCCCC)[N+](C)(C)C. The van der Waals surface area contributed by atoms with Crippen LogP contribution in [-0.2, 0) is 9.59 Å². The molecule has 0 aromatic rings. The normalized spacial score (nSPS) is 12.2. The monoisotopic (exact) mass is 669 g/mol. The van der Waals surface area contributed by atoms with Gasteiger partial charge in [0, 0.05) is 25.1 Å². The number of nitrogens with zero attached hydrogens (tertiary/aromatic N) is 1. The van der Waals surface area contributed by atoms with Crippen molar-refractivity contribution in [2.24, 2.45) is 0 Å². The average molecular weight is 670 g/mol. The second-order valence-corrected chi connectivity index (χ2v) is 15.9. The number of hydrogen-bond donors (Lipinski definition) is 0. The lowest BCUT2D eigenvalue weighted by molar-refractivity contribution is -0.902. The van der Waals surface area contributed by atoms with Gasteiger partial charge in [-0.2, -0.15) is 0 Å². The third-order valence-corrected chi connectivity index (χ3v) is 10.7. The Balaban J connectivity index is 4.18. The number of rotatable bonds is 37. The topological polar surface area (TPSA) is 34.1 Å². The standard InChI is InChI=1S/C42H83ClNO2/c1-6-8-10-12-14-16-18-20-22-24-26-28-30-32-34-36-40(45)42(38-39-43,44(3,4)5)41(46)37-35-33-31-29-27-25-23-21-19-17-15-13-11-9-7-2/h6-39H2,1-5H3/q+1. The minimum Gasteiger partial charge on any atom is -0.314 e. The summed E-state index contributed by atoms with van der Waals surface area (Å²) in [7, 11) is 6.05. The van der Waals surface area contributed by atoms with Gasteiger partial charge in [-0.15, -0.1) is 11.6 Å². The van der Waals surface area contributed by atoms with E-state index in [0.717, 1.165) is 25.7 Å². The Morgan fingerprint density at radius 3 is 0.826 bits per heavy atom. The highest BCUT2D eigenvalue weighted by molar-refractivity contribution is 6.19. The Morgan fingerprint density at radius 2 is 0.630 bits per heavy atom. The number of hydrogen-bond acceptors (Lipinski definition) is 2. The van der Waals surface area contributed by atoms with E-state index in [9.17, 15) is 9.59 Å². The Labute approximate surface area is 294 Å². The first-order valence-corrected chi connectivity index (χ1v) is 21.3. The first-order chi connectivity index (χ1) is 22.3. The number of carbonyl (C=O) groups excluding carboxylic acids is 2. The highest BCUT2D eigenvalue weighted by atomic mass is 35.5. The largest absolute Gasteiger partial charge is 0.314 e. The summed E-state index contributed by atoms with van der Waals surface area (Å²) >= 11 is 6.26. The van der Waals surface area contributed by atoms with E-state index in [0.29, 0.717) is 29.6 Å². The molecule has 0 bridgehead atoms. The van der Waals surface area contributed by atoms with Crippen LogP contribution in [0.5, 0.6) is 0 Å². The number of halogens is 1. The van der Waals surface area contributed by atoms with Crippen molar-refractivity contribution in [1.82, 2.24) is 0 Å². The molecule has 0 unspecified atom stereocenters. The van der Waals surface area contributed by atoms with Crippen LogP contribution in [0.4, 0.5) is 0 Å². The third kappa shape index (κ3) is 23.0. The minimum atomic E-state index is -0.992. The molecule has 0 aromatic heterocycles. The van der Waals surface area contributed by atoms with Gasteiger partial charge >= 0.3 is 0 Å². The molecule has 0 aliphatic carbocycles. The smallest absolute Gasteiger partial charge is 0.217 e. The predicted octanol–water partition coefficient (Wildman–Crippen LogP) is 13.7. The van der Waals surface area contributed by atoms with Crippen molar-refractivity contribution in [1.29, 1.82) is 0 Å². The summed E-state index contributed by atoms with van der Waals surface area (Å²) < 4.78 is 0.356. The van der Waals surface area contributed by atoms with Gasteiger partial charge in [-0.3, -0.25) is 9.59 Å². The van der Waals surface area contributed by atoms with Gasteiger partial charge in [-0.05, 0) is 12.8 Å². The third-order valence-electron chi connectivity index (χ3n) is 10.5. The highest BCUT2D eigenvalue weighted by Crippen LogP contribution is 2.31. The van der Waals surface area contributed by atoms with E-state index in [2.05, 4.69) is 13.8 Å². The maximum atomic E-state index is 13.7. The summed E-state index contributed by atoms with van der Waals surface area (Å²) in [5.74, 6) is 0.604. The molecule has 0 aliphatic heterocycles. The Bertz CT molecular complexity index is 640. The molecule has 0 amide bonds. The van der Waals surface area contributed by atoms with Crippen LogP contribution in [0.2, 0.25) is 0 Å². The number of quaternary nitrogens is 1. The minimum absolute atomic E-state index is 0.126. The molecule has 0 aliphatic rings. The average Bonchev–Trinajstić information content (AvgIpc) is 3.02. The molecule has 0 heterocycles. The number of carbonyl (C=O) groups is 2. The van der Waals surface area contributed by atoms with Crippen LogP contribution in [0.3, 0.4) is 0 Å². The fraction of sp³-hybridized carbons (Fsp3) is 0.952. The fourth-order valence-corrected chi connectivity index (χ4v) is 7.66. The molecular weight excluding hydrogens is 586 g/mol. The Morgan fingerprint density at radius 1 is 0.413 bits per heavy atom. The van der Waals surface area contributed by atoms with Crippen LogP contribution in [0.1, 0.15) is 226 Å². The van der Waals surface area contributed by atoms with Gasteiger partial charge < -0.3 is 4.48 Å². The van der Waals surface area contributed by atoms with Crippen LogP contribution in [-0.4, -0.2) is 48.6 Å². The molecule has 0 spiro atoms. The van der Waals surface area contributed by atoms with E-state index in [4.69, 9.17) is 11.6 Å². The van der Waals surface area contributed by atoms with Crippen LogP contribution in [0, 0.1) is 0 Å². The zero-order valence-electron chi connectivity index (χ0n) is 32.2. The molecule has 3 nitrogen and oxygen atoms in total. The second kappa shape index (κ2) is 31.8. The fourth-order valence-electron chi connectivity index (χ4n) is 7.38.